The van der Waals surface area contributed by atoms with Crippen LogP contribution in [0.5, 0.6) is 0 Å². The normalized spacial score (nSPS) is 19.9. The minimum atomic E-state index is -0.161. The molecule has 3 rings (SSSR count). The zero-order valence-electron chi connectivity index (χ0n) is 10.6. The summed E-state index contributed by atoms with van der Waals surface area (Å²) in [5, 5.41) is 0.608. The van der Waals surface area contributed by atoms with Crippen molar-refractivity contribution in [2.45, 2.75) is 25.4 Å². The van der Waals surface area contributed by atoms with Crippen LogP contribution in [-0.4, -0.2) is 16.4 Å². The Bertz CT molecular complexity index is 569. The zero-order chi connectivity index (χ0) is 13.2. The number of nitrogens with two attached hydrogens (primary N) is 1. The molecule has 1 saturated heterocycles. The molecule has 1 fully saturated rings. The number of halogens is 1. The molecular weight excluding hydrogens is 261 g/mol. The largest absolute Gasteiger partial charge is 0.375 e. The fourth-order valence-corrected chi connectivity index (χ4v) is 3.41. The van der Waals surface area contributed by atoms with Crippen molar-refractivity contribution in [3.05, 3.63) is 46.7 Å². The van der Waals surface area contributed by atoms with E-state index in [1.807, 2.05) is 12.3 Å². The lowest BCUT2D eigenvalue weighted by molar-refractivity contribution is 0.250. The van der Waals surface area contributed by atoms with E-state index in [4.69, 9.17) is 5.73 Å². The summed E-state index contributed by atoms with van der Waals surface area (Å²) in [4.78, 5) is 7.62. The quantitative estimate of drug-likeness (QED) is 0.936. The average Bonchev–Trinajstić information content (AvgIpc) is 2.99. The molecule has 2 aromatic rings. The summed E-state index contributed by atoms with van der Waals surface area (Å²) in [7, 11) is 0. The molecule has 0 radical (unpaired) electrons. The predicted molar refractivity (Wildman–Crippen MR) is 75.3 cm³/mol. The van der Waals surface area contributed by atoms with Crippen LogP contribution in [-0.2, 0) is 6.54 Å². The van der Waals surface area contributed by atoms with Crippen LogP contribution in [0.1, 0.15) is 29.3 Å². The summed E-state index contributed by atoms with van der Waals surface area (Å²) >= 11 is 1.53. The van der Waals surface area contributed by atoms with Gasteiger partial charge in [-0.25, -0.2) is 9.37 Å². The summed E-state index contributed by atoms with van der Waals surface area (Å²) in [5.41, 5.74) is 6.72. The number of nitrogens with zero attached hydrogens (tertiary/aromatic N) is 2. The first kappa shape index (κ1) is 12.6. The van der Waals surface area contributed by atoms with Gasteiger partial charge in [-0.2, -0.15) is 0 Å². The number of rotatable bonds is 3. The Labute approximate surface area is 115 Å². The molecule has 19 heavy (non-hydrogen) atoms. The van der Waals surface area contributed by atoms with E-state index in [9.17, 15) is 4.39 Å². The molecule has 0 saturated carbocycles. The van der Waals surface area contributed by atoms with E-state index in [1.165, 1.54) is 22.3 Å². The molecule has 3 nitrogen and oxygen atoms in total. The minimum Gasteiger partial charge on any atom is -0.375 e. The molecule has 2 heterocycles. The van der Waals surface area contributed by atoms with Crippen LogP contribution in [0.2, 0.25) is 0 Å². The van der Waals surface area contributed by atoms with E-state index in [-0.39, 0.29) is 5.82 Å². The molecule has 1 aromatic heterocycles. The van der Waals surface area contributed by atoms with E-state index in [0.29, 0.717) is 11.2 Å². The number of benzene rings is 1. The second kappa shape index (κ2) is 5.27. The third-order valence-corrected chi connectivity index (χ3v) is 4.34. The summed E-state index contributed by atoms with van der Waals surface area (Å²) in [6.45, 7) is 1.88. The van der Waals surface area contributed by atoms with Crippen LogP contribution in [0.25, 0.3) is 0 Å². The second-order valence-electron chi connectivity index (χ2n) is 4.85. The van der Waals surface area contributed by atoms with Gasteiger partial charge >= 0.3 is 0 Å². The SMILES string of the molecule is Nc1ncc(CN2CCCC2c2cccc(F)c2)s1. The summed E-state index contributed by atoms with van der Waals surface area (Å²) < 4.78 is 13.3. The van der Waals surface area contributed by atoms with E-state index in [0.717, 1.165) is 31.5 Å². The molecule has 0 amide bonds. The average molecular weight is 277 g/mol. The summed E-state index contributed by atoms with van der Waals surface area (Å²) in [5.74, 6) is -0.161. The number of hydrogen-bond donors (Lipinski definition) is 1. The third kappa shape index (κ3) is 2.77. The standard InChI is InChI=1S/C14H16FN3S/c15-11-4-1-3-10(7-11)13-5-2-6-18(13)9-12-8-17-14(16)19-12/h1,3-4,7-8,13H,2,5-6,9H2,(H2,16,17). The first-order valence-electron chi connectivity index (χ1n) is 6.42. The van der Waals surface area contributed by atoms with Gasteiger partial charge in [0, 0.05) is 23.7 Å². The van der Waals surface area contributed by atoms with Crippen LogP contribution in [0.4, 0.5) is 9.52 Å². The van der Waals surface area contributed by atoms with Gasteiger partial charge in [-0.3, -0.25) is 4.90 Å². The maximum absolute atomic E-state index is 13.3. The topological polar surface area (TPSA) is 42.1 Å². The number of anilines is 1. The molecule has 0 spiro atoms. The van der Waals surface area contributed by atoms with Gasteiger partial charge in [0.15, 0.2) is 5.13 Å². The molecule has 5 heteroatoms. The van der Waals surface area contributed by atoms with Gasteiger partial charge in [0.1, 0.15) is 5.82 Å². The molecule has 1 aromatic carbocycles. The highest BCUT2D eigenvalue weighted by molar-refractivity contribution is 7.15. The lowest BCUT2D eigenvalue weighted by atomic mass is 10.0. The lowest BCUT2D eigenvalue weighted by Gasteiger charge is -2.24. The van der Waals surface area contributed by atoms with Gasteiger partial charge in [-0.15, -0.1) is 11.3 Å². The Morgan fingerprint density at radius 2 is 2.37 bits per heavy atom. The van der Waals surface area contributed by atoms with Gasteiger partial charge in [0.05, 0.1) is 0 Å². The van der Waals surface area contributed by atoms with Gasteiger partial charge in [-0.1, -0.05) is 12.1 Å². The third-order valence-electron chi connectivity index (χ3n) is 3.53. The zero-order valence-corrected chi connectivity index (χ0v) is 11.4. The molecule has 0 bridgehead atoms. The van der Waals surface area contributed by atoms with Gasteiger partial charge < -0.3 is 5.73 Å². The van der Waals surface area contributed by atoms with E-state index in [2.05, 4.69) is 9.88 Å². The maximum Gasteiger partial charge on any atom is 0.180 e. The Morgan fingerprint density at radius 1 is 1.47 bits per heavy atom. The van der Waals surface area contributed by atoms with E-state index >= 15 is 0 Å². The fourth-order valence-electron chi connectivity index (χ4n) is 2.70. The highest BCUT2D eigenvalue weighted by Gasteiger charge is 2.26. The van der Waals surface area contributed by atoms with Crippen molar-refractivity contribution in [3.8, 4) is 0 Å². The van der Waals surface area contributed by atoms with Gasteiger partial charge in [0.25, 0.3) is 0 Å². The smallest absolute Gasteiger partial charge is 0.180 e. The van der Waals surface area contributed by atoms with Crippen molar-refractivity contribution in [2.24, 2.45) is 0 Å². The fraction of sp³-hybridized carbons (Fsp3) is 0.357. The van der Waals surface area contributed by atoms with Crippen LogP contribution in [0.3, 0.4) is 0 Å². The Hall–Kier alpha value is -1.46. The molecule has 2 N–H and O–H groups in total. The molecule has 1 unspecified atom stereocenters. The molecular formula is C14H16FN3S. The Morgan fingerprint density at radius 3 is 3.11 bits per heavy atom. The Kier molecular flexibility index (Phi) is 3.48. The molecule has 1 aliphatic heterocycles. The van der Waals surface area contributed by atoms with Crippen molar-refractivity contribution >= 4 is 16.5 Å². The number of aromatic nitrogens is 1. The van der Waals surface area contributed by atoms with Crippen LogP contribution >= 0.6 is 11.3 Å². The van der Waals surface area contributed by atoms with Gasteiger partial charge in [0.2, 0.25) is 0 Å². The number of thiazole rings is 1. The monoisotopic (exact) mass is 277 g/mol. The first-order chi connectivity index (χ1) is 9.22. The number of likely N-dealkylation sites (tertiary alicyclic amines) is 1. The molecule has 0 aliphatic carbocycles. The van der Waals surface area contributed by atoms with Crippen LogP contribution in [0, 0.1) is 5.82 Å². The van der Waals surface area contributed by atoms with Crippen molar-refractivity contribution in [3.63, 3.8) is 0 Å². The van der Waals surface area contributed by atoms with E-state index < -0.39 is 0 Å². The predicted octanol–water partition coefficient (Wildman–Crippen LogP) is 3.20. The lowest BCUT2D eigenvalue weighted by Crippen LogP contribution is -2.22. The Balaban J connectivity index is 1.78. The number of nitrogen functional groups attached to an aromatic ring is 1. The molecule has 100 valence electrons. The van der Waals surface area contributed by atoms with Gasteiger partial charge in [-0.05, 0) is 37.1 Å². The minimum absolute atomic E-state index is 0.161. The maximum atomic E-state index is 13.3. The number of hydrogen-bond acceptors (Lipinski definition) is 4. The van der Waals surface area contributed by atoms with Crippen LogP contribution in [0.15, 0.2) is 30.5 Å². The molecule has 1 aliphatic rings. The summed E-state index contributed by atoms with van der Waals surface area (Å²) in [6, 6.07) is 7.23. The molecule has 1 atom stereocenters. The van der Waals surface area contributed by atoms with Crippen molar-refractivity contribution in [2.75, 3.05) is 12.3 Å². The highest BCUT2D eigenvalue weighted by Crippen LogP contribution is 2.34. The second-order valence-corrected chi connectivity index (χ2v) is 6.00. The first-order valence-corrected chi connectivity index (χ1v) is 7.24. The van der Waals surface area contributed by atoms with Crippen molar-refractivity contribution in [1.82, 2.24) is 9.88 Å². The van der Waals surface area contributed by atoms with Crippen molar-refractivity contribution in [1.29, 1.82) is 0 Å². The van der Waals surface area contributed by atoms with Crippen molar-refractivity contribution < 1.29 is 4.39 Å². The summed E-state index contributed by atoms with van der Waals surface area (Å²) in [6.07, 6.45) is 4.06. The van der Waals surface area contributed by atoms with E-state index in [1.54, 1.807) is 12.1 Å². The van der Waals surface area contributed by atoms with Crippen LogP contribution < -0.4 is 5.73 Å². The highest BCUT2D eigenvalue weighted by atomic mass is 32.1.